The Labute approximate surface area is 139 Å². The molecule has 0 spiro atoms. The van der Waals surface area contributed by atoms with Gasteiger partial charge in [0.1, 0.15) is 0 Å². The minimum Gasteiger partial charge on any atom is -0.294 e. The molecule has 0 amide bonds. The second-order valence-electron chi connectivity index (χ2n) is 5.50. The van der Waals surface area contributed by atoms with E-state index < -0.39 is 0 Å². The third kappa shape index (κ3) is 2.78. The highest BCUT2D eigenvalue weighted by Crippen LogP contribution is 2.35. The van der Waals surface area contributed by atoms with Crippen LogP contribution in [0.3, 0.4) is 0 Å². The van der Waals surface area contributed by atoms with Crippen LogP contribution in [0.4, 0.5) is 0 Å². The highest BCUT2D eigenvalue weighted by Gasteiger charge is 2.12. The Morgan fingerprint density at radius 3 is 1.78 bits per heavy atom. The van der Waals surface area contributed by atoms with Crippen molar-refractivity contribution in [2.45, 2.75) is 13.8 Å². The average molecular weight is 323 g/mol. The minimum absolute atomic E-state index is 0.123. The van der Waals surface area contributed by atoms with Crippen LogP contribution in [0.25, 0.3) is 32.3 Å². The van der Waals surface area contributed by atoms with Gasteiger partial charge in [-0.15, -0.1) is 0 Å². The summed E-state index contributed by atoms with van der Waals surface area (Å²) in [6.45, 7) is 2.92. The SMILES string of the molecule is CC(=O)Cl.CC(=O)c1ccc2ccc3cccc4ccc1c2c34. The lowest BCUT2D eigenvalue weighted by Gasteiger charge is -2.12. The van der Waals surface area contributed by atoms with Crippen molar-refractivity contribution in [3.05, 3.63) is 60.2 Å². The van der Waals surface area contributed by atoms with Crippen LogP contribution in [0.1, 0.15) is 24.2 Å². The van der Waals surface area contributed by atoms with Crippen LogP contribution in [-0.2, 0) is 4.79 Å². The predicted octanol–water partition coefficient (Wildman–Crippen LogP) is 5.56. The van der Waals surface area contributed by atoms with E-state index in [4.69, 9.17) is 0 Å². The second kappa shape index (κ2) is 5.98. The zero-order valence-electron chi connectivity index (χ0n) is 12.9. The predicted molar refractivity (Wildman–Crippen MR) is 96.7 cm³/mol. The highest BCUT2D eigenvalue weighted by atomic mass is 35.5. The Kier molecular flexibility index (Phi) is 4.01. The summed E-state index contributed by atoms with van der Waals surface area (Å²) in [5.41, 5.74) is 0.811. The quantitative estimate of drug-likeness (QED) is 0.261. The van der Waals surface area contributed by atoms with E-state index in [-0.39, 0.29) is 11.0 Å². The fourth-order valence-electron chi connectivity index (χ4n) is 3.04. The van der Waals surface area contributed by atoms with Crippen LogP contribution in [0.2, 0.25) is 0 Å². The molecule has 0 fully saturated rings. The minimum atomic E-state index is -0.361. The largest absolute Gasteiger partial charge is 0.294 e. The molecule has 0 aliphatic rings. The zero-order valence-corrected chi connectivity index (χ0v) is 13.6. The monoisotopic (exact) mass is 322 g/mol. The first-order valence-corrected chi connectivity index (χ1v) is 7.70. The van der Waals surface area contributed by atoms with Gasteiger partial charge in [-0.25, -0.2) is 0 Å². The number of benzene rings is 4. The van der Waals surface area contributed by atoms with Gasteiger partial charge in [0, 0.05) is 12.5 Å². The first kappa shape index (κ1) is 15.4. The highest BCUT2D eigenvalue weighted by molar-refractivity contribution is 6.62. The summed E-state index contributed by atoms with van der Waals surface area (Å²) in [7, 11) is 0. The molecule has 0 aliphatic heterocycles. The van der Waals surface area contributed by atoms with E-state index in [1.165, 1.54) is 33.9 Å². The van der Waals surface area contributed by atoms with Crippen molar-refractivity contribution in [2.24, 2.45) is 0 Å². The number of Topliss-reactive ketones (excluding diaryl/α,β-unsaturated/α-hetero) is 1. The van der Waals surface area contributed by atoms with E-state index in [0.717, 1.165) is 10.9 Å². The van der Waals surface area contributed by atoms with Crippen LogP contribution < -0.4 is 0 Å². The second-order valence-corrected chi connectivity index (χ2v) is 6.03. The summed E-state index contributed by atoms with van der Waals surface area (Å²) < 4.78 is 0. The van der Waals surface area contributed by atoms with Gasteiger partial charge in [-0.2, -0.15) is 0 Å². The van der Waals surface area contributed by atoms with Crippen molar-refractivity contribution in [2.75, 3.05) is 0 Å². The lowest BCUT2D eigenvalue weighted by Crippen LogP contribution is -1.94. The molecule has 0 aliphatic carbocycles. The van der Waals surface area contributed by atoms with Crippen LogP contribution in [0.5, 0.6) is 0 Å². The summed E-state index contributed by atoms with van der Waals surface area (Å²) in [4.78, 5) is 21.0. The molecule has 0 aromatic heterocycles. The van der Waals surface area contributed by atoms with Crippen LogP contribution in [0.15, 0.2) is 54.6 Å². The number of hydrogen-bond acceptors (Lipinski definition) is 2. The number of carbonyl (C=O) groups excluding carboxylic acids is 2. The van der Waals surface area contributed by atoms with E-state index in [2.05, 4.69) is 54.1 Å². The summed E-state index contributed by atoms with van der Waals surface area (Å²) >= 11 is 4.64. The van der Waals surface area contributed by atoms with E-state index in [1.54, 1.807) is 6.92 Å². The van der Waals surface area contributed by atoms with Crippen molar-refractivity contribution >= 4 is 54.9 Å². The summed E-state index contributed by atoms with van der Waals surface area (Å²) in [6.07, 6.45) is 0. The van der Waals surface area contributed by atoms with Gasteiger partial charge in [-0.05, 0) is 50.8 Å². The molecule has 0 saturated heterocycles. The zero-order chi connectivity index (χ0) is 16.6. The molecule has 0 unspecified atom stereocenters. The van der Waals surface area contributed by atoms with Crippen molar-refractivity contribution in [1.29, 1.82) is 0 Å². The molecule has 4 aromatic carbocycles. The number of rotatable bonds is 1. The Morgan fingerprint density at radius 2 is 1.22 bits per heavy atom. The number of ketones is 1. The summed E-state index contributed by atoms with van der Waals surface area (Å²) in [5.74, 6) is 0.123. The van der Waals surface area contributed by atoms with Crippen molar-refractivity contribution < 1.29 is 9.59 Å². The Bertz CT molecular complexity index is 1010. The fraction of sp³-hybridized carbons (Fsp3) is 0.100. The number of carbonyl (C=O) groups is 2. The lowest BCUT2D eigenvalue weighted by molar-refractivity contribution is -0.109. The van der Waals surface area contributed by atoms with Gasteiger partial charge < -0.3 is 0 Å². The molecule has 4 aromatic rings. The van der Waals surface area contributed by atoms with E-state index in [0.29, 0.717) is 0 Å². The molecule has 0 heterocycles. The smallest absolute Gasteiger partial charge is 0.218 e. The molecule has 4 rings (SSSR count). The molecule has 3 heteroatoms. The molecule has 0 atom stereocenters. The Morgan fingerprint density at radius 1 is 0.739 bits per heavy atom. The Hall–Kier alpha value is -2.45. The third-order valence-electron chi connectivity index (χ3n) is 3.91. The van der Waals surface area contributed by atoms with E-state index in [9.17, 15) is 9.59 Å². The molecule has 0 bridgehead atoms. The van der Waals surface area contributed by atoms with Crippen LogP contribution in [-0.4, -0.2) is 11.0 Å². The maximum Gasteiger partial charge on any atom is 0.218 e. The van der Waals surface area contributed by atoms with E-state index in [1.807, 2.05) is 12.1 Å². The van der Waals surface area contributed by atoms with Gasteiger partial charge >= 0.3 is 0 Å². The molecule has 114 valence electrons. The first-order chi connectivity index (χ1) is 11.0. The number of halogens is 1. The van der Waals surface area contributed by atoms with Crippen LogP contribution >= 0.6 is 11.6 Å². The Balaban J connectivity index is 0.000000354. The molecule has 0 saturated carbocycles. The standard InChI is InChI=1S/C18H12O.C2H3ClO/c1-11(19)15-9-7-14-6-5-12-3-2-4-13-8-10-16(15)18(14)17(12)13;1-2(3)4/h2-10H,1H3;1H3. The fourth-order valence-corrected chi connectivity index (χ4v) is 3.04. The number of hydrogen-bond donors (Lipinski definition) is 0. The summed E-state index contributed by atoms with van der Waals surface area (Å²) in [5, 5.41) is 6.84. The molecule has 23 heavy (non-hydrogen) atoms. The first-order valence-electron chi connectivity index (χ1n) is 7.32. The van der Waals surface area contributed by atoms with Crippen molar-refractivity contribution in [3.8, 4) is 0 Å². The molecule has 0 radical (unpaired) electrons. The van der Waals surface area contributed by atoms with Gasteiger partial charge in [0.15, 0.2) is 5.78 Å². The van der Waals surface area contributed by atoms with Crippen molar-refractivity contribution in [1.82, 2.24) is 0 Å². The van der Waals surface area contributed by atoms with Crippen LogP contribution in [0, 0.1) is 0 Å². The lowest BCUT2D eigenvalue weighted by atomic mass is 9.91. The molecule has 0 N–H and O–H groups in total. The van der Waals surface area contributed by atoms with Gasteiger partial charge in [-0.3, -0.25) is 9.59 Å². The molecule has 2 nitrogen and oxygen atoms in total. The average Bonchev–Trinajstić information content (AvgIpc) is 2.51. The maximum absolute atomic E-state index is 11.8. The van der Waals surface area contributed by atoms with Gasteiger partial charge in [0.25, 0.3) is 0 Å². The van der Waals surface area contributed by atoms with Gasteiger partial charge in [0.2, 0.25) is 5.24 Å². The van der Waals surface area contributed by atoms with Gasteiger partial charge in [-0.1, -0.05) is 54.6 Å². The molecular weight excluding hydrogens is 308 g/mol. The summed E-state index contributed by atoms with van der Waals surface area (Å²) in [6, 6.07) is 18.8. The van der Waals surface area contributed by atoms with Gasteiger partial charge in [0.05, 0.1) is 0 Å². The van der Waals surface area contributed by atoms with E-state index >= 15 is 0 Å². The van der Waals surface area contributed by atoms with Crippen molar-refractivity contribution in [3.63, 3.8) is 0 Å². The molecular formula is C20H15ClO2. The third-order valence-corrected chi connectivity index (χ3v) is 3.91. The topological polar surface area (TPSA) is 34.1 Å². The maximum atomic E-state index is 11.8. The normalized spacial score (nSPS) is 10.7.